The number of aryl methyl sites for hydroxylation is 2. The van der Waals surface area contributed by atoms with Crippen LogP contribution in [-0.4, -0.2) is 83.7 Å². The van der Waals surface area contributed by atoms with E-state index in [9.17, 15) is 18.0 Å². The van der Waals surface area contributed by atoms with Crippen molar-refractivity contribution in [3.8, 4) is 17.1 Å². The third-order valence-electron chi connectivity index (χ3n) is 7.24. The van der Waals surface area contributed by atoms with Crippen LogP contribution >= 0.6 is 0 Å². The first kappa shape index (κ1) is 29.3. The molecule has 0 saturated carbocycles. The molecule has 3 heterocycles. The number of hydrogen-bond acceptors (Lipinski definition) is 8. The first-order chi connectivity index (χ1) is 20.1. The Morgan fingerprint density at radius 1 is 1.05 bits per heavy atom. The van der Waals surface area contributed by atoms with Gasteiger partial charge in [0.05, 0.1) is 22.8 Å². The van der Waals surface area contributed by atoms with Crippen LogP contribution in [0, 0.1) is 0 Å². The van der Waals surface area contributed by atoms with Crippen molar-refractivity contribution in [2.24, 2.45) is 7.05 Å². The Labute approximate surface area is 244 Å². The van der Waals surface area contributed by atoms with E-state index in [4.69, 9.17) is 9.72 Å². The van der Waals surface area contributed by atoms with Gasteiger partial charge in [-0.1, -0.05) is 13.3 Å². The van der Waals surface area contributed by atoms with Crippen LogP contribution in [0.4, 0.5) is 5.69 Å². The average Bonchev–Trinajstić information content (AvgIpc) is 3.29. The molecule has 0 atom stereocenters. The fourth-order valence-corrected chi connectivity index (χ4v) is 6.09. The lowest BCUT2D eigenvalue weighted by atomic mass is 10.1. The molecular formula is C29H35N7O5S. The molecule has 5 rings (SSSR count). The summed E-state index contributed by atoms with van der Waals surface area (Å²) in [5, 5.41) is 4.46. The number of nitrogens with zero attached hydrogens (tertiary/aromatic N) is 5. The van der Waals surface area contributed by atoms with Crippen molar-refractivity contribution < 1.29 is 17.9 Å². The zero-order valence-electron chi connectivity index (χ0n) is 24.2. The molecule has 0 bridgehead atoms. The number of fused-ring (bicyclic) bond motifs is 1. The Morgan fingerprint density at radius 2 is 1.76 bits per heavy atom. The van der Waals surface area contributed by atoms with E-state index in [0.717, 1.165) is 19.5 Å². The lowest BCUT2D eigenvalue weighted by Gasteiger charge is -2.32. The lowest BCUT2D eigenvalue weighted by molar-refractivity contribution is 0.0664. The number of amides is 1. The van der Waals surface area contributed by atoms with E-state index in [1.54, 1.807) is 42.3 Å². The molecule has 1 aliphatic rings. The fourth-order valence-electron chi connectivity index (χ4n) is 5.01. The zero-order chi connectivity index (χ0) is 30.0. The molecule has 1 saturated heterocycles. The Hall–Kier alpha value is -4.23. The summed E-state index contributed by atoms with van der Waals surface area (Å²) in [6.07, 6.45) is 1.47. The van der Waals surface area contributed by atoms with Crippen molar-refractivity contribution in [3.63, 3.8) is 0 Å². The number of aromatic nitrogens is 4. The van der Waals surface area contributed by atoms with E-state index in [1.807, 2.05) is 20.9 Å². The van der Waals surface area contributed by atoms with Gasteiger partial charge in [-0.2, -0.15) is 5.10 Å². The third kappa shape index (κ3) is 5.88. The average molecular weight is 594 g/mol. The molecule has 0 aliphatic carbocycles. The first-order valence-electron chi connectivity index (χ1n) is 13.9. The molecular weight excluding hydrogens is 558 g/mol. The predicted molar refractivity (Wildman–Crippen MR) is 160 cm³/mol. The molecule has 42 heavy (non-hydrogen) atoms. The van der Waals surface area contributed by atoms with Crippen LogP contribution in [0.5, 0.6) is 5.75 Å². The number of piperazine rings is 1. The van der Waals surface area contributed by atoms with Crippen molar-refractivity contribution in [2.75, 3.05) is 44.6 Å². The third-order valence-corrected chi connectivity index (χ3v) is 8.62. The van der Waals surface area contributed by atoms with Gasteiger partial charge in [-0.3, -0.25) is 19.0 Å². The van der Waals surface area contributed by atoms with Gasteiger partial charge in [0, 0.05) is 44.5 Å². The number of rotatable bonds is 9. The van der Waals surface area contributed by atoms with E-state index < -0.39 is 10.0 Å². The van der Waals surface area contributed by atoms with Gasteiger partial charge in [0.1, 0.15) is 17.1 Å². The highest BCUT2D eigenvalue weighted by Crippen LogP contribution is 2.32. The van der Waals surface area contributed by atoms with Gasteiger partial charge in [0.2, 0.25) is 0 Å². The number of anilines is 1. The van der Waals surface area contributed by atoms with E-state index >= 15 is 0 Å². The van der Waals surface area contributed by atoms with E-state index in [-0.39, 0.29) is 22.2 Å². The summed E-state index contributed by atoms with van der Waals surface area (Å²) in [5.74, 6) is 0.486. The molecule has 1 amide bonds. The van der Waals surface area contributed by atoms with Gasteiger partial charge < -0.3 is 19.5 Å². The first-order valence-corrected chi connectivity index (χ1v) is 15.4. The highest BCUT2D eigenvalue weighted by Gasteiger charge is 2.23. The number of carbonyl (C=O) groups is 1. The maximum atomic E-state index is 13.4. The lowest BCUT2D eigenvalue weighted by Crippen LogP contribution is -2.47. The van der Waals surface area contributed by atoms with Crippen LogP contribution in [0.1, 0.15) is 36.3 Å². The Kier molecular flexibility index (Phi) is 8.32. The molecule has 12 nitrogen and oxygen atoms in total. The molecule has 0 spiro atoms. The zero-order valence-corrected chi connectivity index (χ0v) is 25.0. The van der Waals surface area contributed by atoms with E-state index in [0.29, 0.717) is 65.4 Å². The number of sulfonamides is 1. The molecule has 0 unspecified atom stereocenters. The second-order valence-corrected chi connectivity index (χ2v) is 12.0. The minimum absolute atomic E-state index is 0.0405. The van der Waals surface area contributed by atoms with Gasteiger partial charge in [0.25, 0.3) is 21.5 Å². The number of aromatic amines is 1. The number of H-pyrrole nitrogens is 1. The highest BCUT2D eigenvalue weighted by molar-refractivity contribution is 7.92. The van der Waals surface area contributed by atoms with Gasteiger partial charge in [-0.05, 0) is 62.9 Å². The number of likely N-dealkylation sites (N-methyl/N-ethyl adjacent to an activating group) is 1. The van der Waals surface area contributed by atoms with E-state index in [2.05, 4.69) is 19.7 Å². The monoisotopic (exact) mass is 593 g/mol. The number of nitrogens with one attached hydrogen (secondary N) is 2. The smallest absolute Gasteiger partial charge is 0.277 e. The highest BCUT2D eigenvalue weighted by atomic mass is 32.2. The second kappa shape index (κ2) is 11.9. The number of carbonyl (C=O) groups excluding carboxylic acids is 1. The Bertz CT molecular complexity index is 1770. The van der Waals surface area contributed by atoms with Crippen molar-refractivity contribution in [1.82, 2.24) is 29.5 Å². The van der Waals surface area contributed by atoms with Gasteiger partial charge in [0.15, 0.2) is 5.52 Å². The summed E-state index contributed by atoms with van der Waals surface area (Å²) < 4.78 is 36.7. The summed E-state index contributed by atoms with van der Waals surface area (Å²) in [4.78, 5) is 37.3. The molecule has 2 aromatic heterocycles. The predicted octanol–water partition coefficient (Wildman–Crippen LogP) is 2.86. The molecule has 222 valence electrons. The molecule has 4 aromatic rings. The van der Waals surface area contributed by atoms with Gasteiger partial charge >= 0.3 is 0 Å². The van der Waals surface area contributed by atoms with Crippen LogP contribution < -0.4 is 15.0 Å². The quantitative estimate of drug-likeness (QED) is 0.302. The molecule has 0 radical (unpaired) electrons. The van der Waals surface area contributed by atoms with Crippen molar-refractivity contribution in [3.05, 3.63) is 64.1 Å². The minimum Gasteiger partial charge on any atom is -0.493 e. The molecule has 1 fully saturated rings. The number of benzene rings is 2. The molecule has 2 N–H and O–H groups in total. The summed E-state index contributed by atoms with van der Waals surface area (Å²) >= 11 is 0. The second-order valence-electron chi connectivity index (χ2n) is 10.3. The standard InChI is InChI=1S/C29H35N7O5S/c1-5-7-23-25-26(35(4)32-23)28(37)31-27(30-25)22-18-21(12-13-24(22)41-6-2)42(39,40)33-20-10-8-19(9-11-20)29(38)36-16-14-34(3)15-17-36/h8-13,18,33H,5-7,14-17H2,1-4H3,(H,30,31,37). The number of ether oxygens (including phenoxy) is 1. The molecule has 2 aromatic carbocycles. The topological polar surface area (TPSA) is 143 Å². The van der Waals surface area contributed by atoms with Gasteiger partial charge in [-0.25, -0.2) is 13.4 Å². The van der Waals surface area contributed by atoms with Crippen LogP contribution in [0.2, 0.25) is 0 Å². The van der Waals surface area contributed by atoms with Crippen molar-refractivity contribution in [1.29, 1.82) is 0 Å². The summed E-state index contributed by atoms with van der Waals surface area (Å²) in [6, 6.07) is 10.8. The number of hydrogen-bond donors (Lipinski definition) is 2. The van der Waals surface area contributed by atoms with Crippen molar-refractivity contribution in [2.45, 2.75) is 31.6 Å². The maximum absolute atomic E-state index is 13.4. The minimum atomic E-state index is -4.04. The SMILES string of the molecule is CCCc1nn(C)c2c(=O)[nH]c(-c3cc(S(=O)(=O)Nc4ccc(C(=O)N5CCN(C)CC5)cc4)ccc3OCC)nc12. The maximum Gasteiger partial charge on any atom is 0.277 e. The Balaban J connectivity index is 1.45. The summed E-state index contributed by atoms with van der Waals surface area (Å²) in [7, 11) is -0.329. The summed E-state index contributed by atoms with van der Waals surface area (Å²) in [5.41, 5.74) is 2.27. The largest absolute Gasteiger partial charge is 0.493 e. The normalized spacial score (nSPS) is 14.3. The van der Waals surface area contributed by atoms with Crippen LogP contribution in [0.3, 0.4) is 0 Å². The van der Waals surface area contributed by atoms with Crippen LogP contribution in [-0.2, 0) is 23.5 Å². The van der Waals surface area contributed by atoms with Crippen molar-refractivity contribution >= 4 is 32.7 Å². The van der Waals surface area contributed by atoms with Crippen LogP contribution in [0.15, 0.2) is 52.2 Å². The molecule has 13 heteroatoms. The molecule has 1 aliphatic heterocycles. The summed E-state index contributed by atoms with van der Waals surface area (Å²) in [6.45, 7) is 7.09. The Morgan fingerprint density at radius 3 is 2.43 bits per heavy atom. The van der Waals surface area contributed by atoms with Crippen LogP contribution in [0.25, 0.3) is 22.4 Å². The van der Waals surface area contributed by atoms with E-state index in [1.165, 1.54) is 16.8 Å². The fraction of sp³-hybridized carbons (Fsp3) is 0.379. The van der Waals surface area contributed by atoms with Gasteiger partial charge in [-0.15, -0.1) is 0 Å².